The highest BCUT2D eigenvalue weighted by molar-refractivity contribution is 6.31. The minimum absolute atomic E-state index is 0.0597. The van der Waals surface area contributed by atoms with E-state index in [0.29, 0.717) is 37.7 Å². The summed E-state index contributed by atoms with van der Waals surface area (Å²) in [6, 6.07) is 9.76. The summed E-state index contributed by atoms with van der Waals surface area (Å²) in [5.74, 6) is -1.44. The molecule has 7 nitrogen and oxygen atoms in total. The Kier molecular flexibility index (Phi) is 9.23. The lowest BCUT2D eigenvalue weighted by molar-refractivity contribution is -0.122. The van der Waals surface area contributed by atoms with Gasteiger partial charge in [-0.25, -0.2) is 4.39 Å². The predicted molar refractivity (Wildman–Crippen MR) is 174 cm³/mol. The van der Waals surface area contributed by atoms with Crippen molar-refractivity contribution in [2.45, 2.75) is 101 Å². The third kappa shape index (κ3) is 5.87. The number of hydrogen-bond donors (Lipinski definition) is 0. The second kappa shape index (κ2) is 13.0. The van der Waals surface area contributed by atoms with Gasteiger partial charge in [0.2, 0.25) is 0 Å². The van der Waals surface area contributed by atoms with E-state index in [1.807, 2.05) is 6.07 Å². The van der Waals surface area contributed by atoms with Crippen molar-refractivity contribution in [1.82, 2.24) is 14.9 Å². The fourth-order valence-corrected chi connectivity index (χ4v) is 9.00. The van der Waals surface area contributed by atoms with Gasteiger partial charge in [0.1, 0.15) is 12.4 Å². The topological polar surface area (TPSA) is 82.4 Å². The highest BCUT2D eigenvalue weighted by Crippen LogP contribution is 2.56. The standard InChI is InChI=1S/C36H45ClFN5O2/c1-22-11-12-26(42(22)4)21-45-35-40-32-23(2)36(16-13-28-30(36)9-7-10-31(28)37)17-14-29(32)34(41-35)43-19-6-5-8-27(33(44)24(3)38)25(20-43)15-18-39/h7,9-10,22-23,25-27H,3,5-6,8,11-17,19-21H2,1-2,4H3/t22-,23+,25+,26+,27?,36+/m1/s1. The second-order valence-corrected chi connectivity index (χ2v) is 14.2. The number of allylic oxidation sites excluding steroid dienone is 1. The number of likely N-dealkylation sites (N-methyl/N-ethyl adjacent to an activating group) is 1. The van der Waals surface area contributed by atoms with Crippen molar-refractivity contribution in [3.05, 3.63) is 58.0 Å². The summed E-state index contributed by atoms with van der Waals surface area (Å²) in [7, 11) is 2.15. The molecule has 2 fully saturated rings. The summed E-state index contributed by atoms with van der Waals surface area (Å²) in [5.41, 5.74) is 4.68. The number of carbonyl (C=O) groups excluding carboxylic acids is 1. The number of Topliss-reactive ketones (excluding diaryl/α,β-unsaturated/α-hetero) is 1. The van der Waals surface area contributed by atoms with Gasteiger partial charge in [0.25, 0.3) is 0 Å². The highest BCUT2D eigenvalue weighted by atomic mass is 35.5. The summed E-state index contributed by atoms with van der Waals surface area (Å²) in [4.78, 5) is 27.7. The molecule has 4 aliphatic rings. The first-order chi connectivity index (χ1) is 21.6. The van der Waals surface area contributed by atoms with E-state index in [-0.39, 0.29) is 23.7 Å². The van der Waals surface area contributed by atoms with Gasteiger partial charge in [-0.2, -0.15) is 15.2 Å². The van der Waals surface area contributed by atoms with Gasteiger partial charge in [0.05, 0.1) is 11.8 Å². The molecule has 3 heterocycles. The Labute approximate surface area is 271 Å². The fourth-order valence-electron chi connectivity index (χ4n) is 8.73. The van der Waals surface area contributed by atoms with E-state index in [1.54, 1.807) is 0 Å². The van der Waals surface area contributed by atoms with Crippen LogP contribution in [0.3, 0.4) is 0 Å². The number of ketones is 1. The van der Waals surface area contributed by atoms with Crippen LogP contribution in [0.4, 0.5) is 10.2 Å². The maximum Gasteiger partial charge on any atom is 0.318 e. The van der Waals surface area contributed by atoms with Gasteiger partial charge in [-0.05, 0) is 88.4 Å². The monoisotopic (exact) mass is 633 g/mol. The Balaban J connectivity index is 1.39. The van der Waals surface area contributed by atoms with Crippen LogP contribution in [0, 0.1) is 23.2 Å². The molecule has 0 N–H and O–H groups in total. The first-order valence-electron chi connectivity index (χ1n) is 16.7. The van der Waals surface area contributed by atoms with Gasteiger partial charge in [0.15, 0.2) is 11.6 Å². The first kappa shape index (κ1) is 31.9. The van der Waals surface area contributed by atoms with E-state index in [4.69, 9.17) is 26.3 Å². The molecule has 0 radical (unpaired) electrons. The van der Waals surface area contributed by atoms with Crippen molar-refractivity contribution in [2.75, 3.05) is 31.6 Å². The molecule has 1 aromatic heterocycles. The van der Waals surface area contributed by atoms with Crippen molar-refractivity contribution in [1.29, 1.82) is 5.26 Å². The van der Waals surface area contributed by atoms with Gasteiger partial charge < -0.3 is 9.64 Å². The average molecular weight is 634 g/mol. The zero-order chi connectivity index (χ0) is 31.9. The number of ether oxygens (including phenoxy) is 1. The molecular formula is C36H45ClFN5O2. The number of hydrogen-bond acceptors (Lipinski definition) is 7. The lowest BCUT2D eigenvalue weighted by Gasteiger charge is -2.43. The molecule has 2 aliphatic heterocycles. The Morgan fingerprint density at radius 2 is 1.96 bits per heavy atom. The van der Waals surface area contributed by atoms with Crippen molar-refractivity contribution in [2.24, 2.45) is 11.8 Å². The smallest absolute Gasteiger partial charge is 0.318 e. The number of anilines is 1. The Hall–Kier alpha value is -3.02. The minimum Gasteiger partial charge on any atom is -0.462 e. The minimum atomic E-state index is -0.924. The van der Waals surface area contributed by atoms with E-state index in [1.165, 1.54) is 11.1 Å². The van der Waals surface area contributed by atoms with Crippen molar-refractivity contribution >= 4 is 23.2 Å². The molecule has 2 saturated heterocycles. The molecule has 9 heteroatoms. The van der Waals surface area contributed by atoms with Gasteiger partial charge in [-0.3, -0.25) is 9.69 Å². The zero-order valence-corrected chi connectivity index (χ0v) is 27.6. The lowest BCUT2D eigenvalue weighted by Crippen LogP contribution is -2.41. The highest BCUT2D eigenvalue weighted by Gasteiger charge is 2.48. The number of nitrogens with zero attached hydrogens (tertiary/aromatic N) is 5. The second-order valence-electron chi connectivity index (χ2n) is 13.8. The van der Waals surface area contributed by atoms with Crippen LogP contribution in [0.2, 0.25) is 5.02 Å². The molecule has 0 bridgehead atoms. The SMILES string of the molecule is C=C(F)C(=O)C1CCCCN(c2nc(OC[C@@H]3CC[C@@H](C)N3C)nc3c2CC[C@@]2(CCc4c(Cl)cccc42)[C@H]3C)C[C@@H]1CC#N. The molecular weight excluding hydrogens is 589 g/mol. The molecule has 1 unspecified atom stereocenters. The fraction of sp³-hybridized carbons (Fsp3) is 0.611. The van der Waals surface area contributed by atoms with Crippen molar-refractivity contribution in [3.63, 3.8) is 0 Å². The maximum absolute atomic E-state index is 14.1. The zero-order valence-electron chi connectivity index (χ0n) is 26.8. The number of rotatable bonds is 7. The van der Waals surface area contributed by atoms with Crippen LogP contribution >= 0.6 is 11.6 Å². The summed E-state index contributed by atoms with van der Waals surface area (Å²) in [6.45, 7) is 9.53. The first-order valence-corrected chi connectivity index (χ1v) is 17.1. The molecule has 240 valence electrons. The lowest BCUT2D eigenvalue weighted by atomic mass is 9.63. The van der Waals surface area contributed by atoms with Crippen LogP contribution in [0.25, 0.3) is 0 Å². The van der Waals surface area contributed by atoms with E-state index >= 15 is 0 Å². The maximum atomic E-state index is 14.1. The van der Waals surface area contributed by atoms with Crippen LogP contribution in [0.15, 0.2) is 30.6 Å². The summed E-state index contributed by atoms with van der Waals surface area (Å²) >= 11 is 6.69. The number of halogens is 2. The third-order valence-corrected chi connectivity index (χ3v) is 12.0. The van der Waals surface area contributed by atoms with E-state index in [0.717, 1.165) is 80.0 Å². The third-order valence-electron chi connectivity index (χ3n) is 11.6. The average Bonchev–Trinajstić information content (AvgIpc) is 3.55. The van der Waals surface area contributed by atoms with E-state index < -0.39 is 17.5 Å². The number of benzene rings is 1. The molecule has 1 spiro atoms. The largest absolute Gasteiger partial charge is 0.462 e. The molecule has 45 heavy (non-hydrogen) atoms. The molecule has 6 atom stereocenters. The summed E-state index contributed by atoms with van der Waals surface area (Å²) < 4.78 is 20.6. The molecule has 1 aromatic carbocycles. The van der Waals surface area contributed by atoms with Crippen LogP contribution in [-0.2, 0) is 23.1 Å². The van der Waals surface area contributed by atoms with Crippen LogP contribution in [0.1, 0.15) is 93.5 Å². The summed E-state index contributed by atoms with van der Waals surface area (Å²) in [6.07, 6.45) is 8.31. The number of fused-ring (bicyclic) bond motifs is 3. The molecule has 6 rings (SSSR count). The Morgan fingerprint density at radius 1 is 1.18 bits per heavy atom. The molecule has 0 amide bonds. The number of carbonyl (C=O) groups is 1. The number of likely N-dealkylation sites (tertiary alicyclic amines) is 1. The van der Waals surface area contributed by atoms with Crippen LogP contribution in [0.5, 0.6) is 6.01 Å². The van der Waals surface area contributed by atoms with Gasteiger partial charge in [-0.15, -0.1) is 0 Å². The molecule has 2 aliphatic carbocycles. The molecule has 0 saturated carbocycles. The van der Waals surface area contributed by atoms with Crippen molar-refractivity contribution < 1.29 is 13.9 Å². The van der Waals surface area contributed by atoms with Crippen molar-refractivity contribution in [3.8, 4) is 12.1 Å². The number of aromatic nitrogens is 2. The van der Waals surface area contributed by atoms with Crippen LogP contribution in [-0.4, -0.2) is 59.5 Å². The summed E-state index contributed by atoms with van der Waals surface area (Å²) in [5, 5.41) is 10.6. The quantitative estimate of drug-likeness (QED) is 0.300. The van der Waals surface area contributed by atoms with E-state index in [9.17, 15) is 14.4 Å². The van der Waals surface area contributed by atoms with Gasteiger partial charge in [0, 0.05) is 59.4 Å². The normalized spacial score (nSPS) is 29.9. The van der Waals surface area contributed by atoms with Gasteiger partial charge in [-0.1, -0.05) is 43.7 Å². The number of nitriles is 1. The van der Waals surface area contributed by atoms with Crippen LogP contribution < -0.4 is 9.64 Å². The van der Waals surface area contributed by atoms with E-state index in [2.05, 4.69) is 55.5 Å². The predicted octanol–water partition coefficient (Wildman–Crippen LogP) is 7.11. The van der Waals surface area contributed by atoms with Gasteiger partial charge >= 0.3 is 6.01 Å². The Bertz CT molecular complexity index is 1510. The Morgan fingerprint density at radius 3 is 2.67 bits per heavy atom. The molecule has 2 aromatic rings.